The Morgan fingerprint density at radius 3 is 2.40 bits per heavy atom. The molecule has 0 amide bonds. The third-order valence-corrected chi connectivity index (χ3v) is 4.66. The Morgan fingerprint density at radius 2 is 1.60 bits per heavy atom. The highest BCUT2D eigenvalue weighted by Crippen LogP contribution is 2.37. The maximum absolute atomic E-state index is 6.28. The lowest BCUT2D eigenvalue weighted by Crippen LogP contribution is -1.89. The summed E-state index contributed by atoms with van der Waals surface area (Å²) in [4.78, 5) is 8.66. The molecule has 0 radical (unpaired) electrons. The first-order valence-corrected chi connectivity index (χ1v) is 8.34. The summed E-state index contributed by atoms with van der Waals surface area (Å²) in [5.41, 5.74) is 5.84. The number of hydrogen-bond acceptors (Lipinski definition) is 3. The second-order valence-corrected chi connectivity index (χ2v) is 6.53. The van der Waals surface area contributed by atoms with Crippen molar-refractivity contribution in [3.05, 3.63) is 72.2 Å². The minimum Gasteiger partial charge on any atom is -0.455 e. The Balaban J connectivity index is 1.91. The lowest BCUT2D eigenvalue weighted by molar-refractivity contribution is 0.670. The fraction of sp³-hybridized carbons (Fsp3) is 0.0909. The summed E-state index contributed by atoms with van der Waals surface area (Å²) < 4.78 is 6.28. The van der Waals surface area contributed by atoms with Crippen molar-refractivity contribution in [3.8, 4) is 11.3 Å². The number of benzene rings is 3. The van der Waals surface area contributed by atoms with E-state index in [2.05, 4.69) is 65.4 Å². The van der Waals surface area contributed by atoms with Gasteiger partial charge in [-0.05, 0) is 60.5 Å². The molecule has 0 aliphatic rings. The highest BCUT2D eigenvalue weighted by Gasteiger charge is 2.15. The van der Waals surface area contributed by atoms with E-state index in [0.717, 1.165) is 38.9 Å². The predicted molar refractivity (Wildman–Crippen MR) is 102 cm³/mol. The molecule has 120 valence electrons. The Labute approximate surface area is 144 Å². The summed E-state index contributed by atoms with van der Waals surface area (Å²) in [6.07, 6.45) is 1.61. The van der Waals surface area contributed by atoms with Gasteiger partial charge in [0.2, 0.25) is 0 Å². The van der Waals surface area contributed by atoms with Gasteiger partial charge in [-0.1, -0.05) is 24.3 Å². The SMILES string of the molecule is Cc1cc(-c2cc(C)ncn2)c2oc3cc4ccccc4cc3c2c1. The second kappa shape index (κ2) is 5.15. The Hall–Kier alpha value is -3.20. The number of aryl methyl sites for hydroxylation is 2. The van der Waals surface area contributed by atoms with Crippen molar-refractivity contribution < 1.29 is 4.42 Å². The molecule has 0 atom stereocenters. The number of hydrogen-bond donors (Lipinski definition) is 0. The molecule has 3 nitrogen and oxygen atoms in total. The van der Waals surface area contributed by atoms with Crippen LogP contribution in [0.2, 0.25) is 0 Å². The van der Waals surface area contributed by atoms with Gasteiger partial charge < -0.3 is 4.42 Å². The van der Waals surface area contributed by atoms with Gasteiger partial charge in [0.15, 0.2) is 0 Å². The van der Waals surface area contributed by atoms with Crippen molar-refractivity contribution in [2.45, 2.75) is 13.8 Å². The van der Waals surface area contributed by atoms with Crippen molar-refractivity contribution in [3.63, 3.8) is 0 Å². The molecule has 3 heteroatoms. The number of furan rings is 1. The van der Waals surface area contributed by atoms with E-state index in [0.29, 0.717) is 0 Å². The first-order valence-electron chi connectivity index (χ1n) is 8.34. The van der Waals surface area contributed by atoms with Gasteiger partial charge in [-0.3, -0.25) is 0 Å². The van der Waals surface area contributed by atoms with Crippen LogP contribution in [-0.4, -0.2) is 9.97 Å². The molecule has 0 saturated carbocycles. The Morgan fingerprint density at radius 1 is 0.800 bits per heavy atom. The Kier molecular flexibility index (Phi) is 2.92. The number of nitrogens with zero attached hydrogens (tertiary/aromatic N) is 2. The monoisotopic (exact) mass is 324 g/mol. The largest absolute Gasteiger partial charge is 0.455 e. The molecular formula is C22H16N2O. The van der Waals surface area contributed by atoms with E-state index < -0.39 is 0 Å². The van der Waals surface area contributed by atoms with E-state index in [1.54, 1.807) is 6.33 Å². The molecule has 5 rings (SSSR count). The van der Waals surface area contributed by atoms with Crippen molar-refractivity contribution in [1.29, 1.82) is 0 Å². The van der Waals surface area contributed by atoms with Crippen LogP contribution in [0.3, 0.4) is 0 Å². The molecule has 0 spiro atoms. The van der Waals surface area contributed by atoms with E-state index in [1.165, 1.54) is 16.3 Å². The first kappa shape index (κ1) is 14.2. The van der Waals surface area contributed by atoms with Gasteiger partial charge in [0.25, 0.3) is 0 Å². The van der Waals surface area contributed by atoms with Crippen LogP contribution in [0, 0.1) is 13.8 Å². The highest BCUT2D eigenvalue weighted by atomic mass is 16.3. The van der Waals surface area contributed by atoms with Crippen LogP contribution in [0.15, 0.2) is 65.3 Å². The number of rotatable bonds is 1. The zero-order chi connectivity index (χ0) is 17.0. The summed E-state index contributed by atoms with van der Waals surface area (Å²) in [6, 6.07) is 19.0. The molecule has 0 unspecified atom stereocenters. The second-order valence-electron chi connectivity index (χ2n) is 6.53. The minimum atomic E-state index is 0.883. The van der Waals surface area contributed by atoms with E-state index in [9.17, 15) is 0 Å². The van der Waals surface area contributed by atoms with Crippen LogP contribution in [-0.2, 0) is 0 Å². The molecule has 2 aromatic heterocycles. The molecule has 3 aromatic carbocycles. The van der Waals surface area contributed by atoms with E-state index in [-0.39, 0.29) is 0 Å². The average molecular weight is 324 g/mol. The van der Waals surface area contributed by atoms with Crippen LogP contribution >= 0.6 is 0 Å². The van der Waals surface area contributed by atoms with Gasteiger partial charge >= 0.3 is 0 Å². The lowest BCUT2D eigenvalue weighted by atomic mass is 10.0. The zero-order valence-electron chi connectivity index (χ0n) is 14.1. The van der Waals surface area contributed by atoms with Crippen LogP contribution in [0.25, 0.3) is 44.0 Å². The molecule has 5 aromatic rings. The van der Waals surface area contributed by atoms with Gasteiger partial charge in [0.05, 0.1) is 5.69 Å². The van der Waals surface area contributed by atoms with Crippen molar-refractivity contribution in [2.75, 3.05) is 0 Å². The van der Waals surface area contributed by atoms with Crippen molar-refractivity contribution in [2.24, 2.45) is 0 Å². The van der Waals surface area contributed by atoms with Gasteiger partial charge in [0, 0.05) is 22.0 Å². The smallest absolute Gasteiger partial charge is 0.144 e. The van der Waals surface area contributed by atoms with Crippen LogP contribution in [0.5, 0.6) is 0 Å². The third-order valence-electron chi connectivity index (χ3n) is 4.66. The molecule has 0 saturated heterocycles. The van der Waals surface area contributed by atoms with Crippen LogP contribution in [0.4, 0.5) is 0 Å². The van der Waals surface area contributed by atoms with Crippen molar-refractivity contribution in [1.82, 2.24) is 9.97 Å². The highest BCUT2D eigenvalue weighted by molar-refractivity contribution is 6.13. The zero-order valence-corrected chi connectivity index (χ0v) is 14.1. The van der Waals surface area contributed by atoms with Crippen LogP contribution in [0.1, 0.15) is 11.3 Å². The molecule has 2 heterocycles. The average Bonchev–Trinajstić information content (AvgIpc) is 2.96. The van der Waals surface area contributed by atoms with Gasteiger partial charge in [-0.25, -0.2) is 9.97 Å². The standard InChI is InChI=1S/C22H16N2O/c1-13-7-18-17-10-15-5-3-4-6-16(15)11-21(17)25-22(18)19(8-13)20-9-14(2)23-12-24-20/h3-12H,1-2H3. The lowest BCUT2D eigenvalue weighted by Gasteiger charge is -2.04. The molecule has 0 aliphatic heterocycles. The molecule has 0 fully saturated rings. The van der Waals surface area contributed by atoms with Gasteiger partial charge in [0.1, 0.15) is 17.5 Å². The summed E-state index contributed by atoms with van der Waals surface area (Å²) >= 11 is 0. The minimum absolute atomic E-state index is 0.883. The molecule has 0 aliphatic carbocycles. The van der Waals surface area contributed by atoms with Gasteiger partial charge in [-0.2, -0.15) is 0 Å². The fourth-order valence-corrected chi connectivity index (χ4v) is 3.50. The topological polar surface area (TPSA) is 38.9 Å². The Bertz CT molecular complexity index is 1270. The quantitative estimate of drug-likeness (QED) is 0.390. The van der Waals surface area contributed by atoms with Crippen LogP contribution < -0.4 is 0 Å². The number of aromatic nitrogens is 2. The maximum Gasteiger partial charge on any atom is 0.144 e. The third kappa shape index (κ3) is 2.20. The summed E-state index contributed by atoms with van der Waals surface area (Å²) in [6.45, 7) is 4.08. The van der Waals surface area contributed by atoms with Crippen molar-refractivity contribution >= 4 is 32.7 Å². The molecule has 25 heavy (non-hydrogen) atoms. The molecule has 0 N–H and O–H groups in total. The maximum atomic E-state index is 6.28. The number of fused-ring (bicyclic) bond motifs is 4. The van der Waals surface area contributed by atoms with E-state index in [1.807, 2.05) is 13.0 Å². The van der Waals surface area contributed by atoms with Gasteiger partial charge in [-0.15, -0.1) is 0 Å². The summed E-state index contributed by atoms with van der Waals surface area (Å²) in [5, 5.41) is 4.68. The predicted octanol–water partition coefficient (Wildman–Crippen LogP) is 5.81. The molecule has 0 bridgehead atoms. The van der Waals surface area contributed by atoms with E-state index >= 15 is 0 Å². The first-order chi connectivity index (χ1) is 12.2. The summed E-state index contributed by atoms with van der Waals surface area (Å²) in [7, 11) is 0. The summed E-state index contributed by atoms with van der Waals surface area (Å²) in [5.74, 6) is 0. The fourth-order valence-electron chi connectivity index (χ4n) is 3.50. The normalized spacial score (nSPS) is 11.6. The molecular weight excluding hydrogens is 308 g/mol. The van der Waals surface area contributed by atoms with E-state index in [4.69, 9.17) is 4.42 Å².